The summed E-state index contributed by atoms with van der Waals surface area (Å²) >= 11 is 6.01. The van der Waals surface area contributed by atoms with Gasteiger partial charge in [0.25, 0.3) is 0 Å². The fourth-order valence-electron chi connectivity index (χ4n) is 2.79. The first-order valence-electron chi connectivity index (χ1n) is 7.03. The molecule has 0 aliphatic carbocycles. The van der Waals surface area contributed by atoms with E-state index in [-0.39, 0.29) is 17.8 Å². The van der Waals surface area contributed by atoms with E-state index in [1.54, 1.807) is 7.11 Å². The summed E-state index contributed by atoms with van der Waals surface area (Å²) in [6, 6.07) is 7.46. The average molecular weight is 344 g/mol. The fourth-order valence-corrected chi connectivity index (χ4v) is 2.98. The Hall–Kier alpha value is -1.14. The van der Waals surface area contributed by atoms with Crippen molar-refractivity contribution in [3.05, 3.63) is 35.2 Å². The molecule has 1 N–H and O–H groups in total. The second-order valence-electron chi connectivity index (χ2n) is 5.40. The van der Waals surface area contributed by atoms with Crippen molar-refractivity contribution in [3.63, 3.8) is 0 Å². The summed E-state index contributed by atoms with van der Waals surface area (Å²) in [4.78, 5) is 4.59. The molecule has 1 aromatic carbocycles. The minimum atomic E-state index is -0.191. The number of hydrogen-bond donors (Lipinski definition) is 1. The highest BCUT2D eigenvalue weighted by atomic mass is 35.5. The Morgan fingerprint density at radius 1 is 1.36 bits per heavy atom. The maximum absolute atomic E-state index is 6.01. The lowest BCUT2D eigenvalue weighted by molar-refractivity contribution is 0.0850. The van der Waals surface area contributed by atoms with Crippen LogP contribution >= 0.6 is 24.0 Å². The number of aromatic nitrogens is 2. The molecule has 0 atom stereocenters. The number of methoxy groups -OCH3 is 1. The van der Waals surface area contributed by atoms with Crippen molar-refractivity contribution < 1.29 is 9.26 Å². The van der Waals surface area contributed by atoms with Crippen LogP contribution in [-0.2, 0) is 10.2 Å². The molecule has 7 heteroatoms. The summed E-state index contributed by atoms with van der Waals surface area (Å²) < 4.78 is 10.9. The smallest absolute Gasteiger partial charge is 0.235 e. The number of halogens is 2. The minimum absolute atomic E-state index is 0. The zero-order chi connectivity index (χ0) is 14.7. The molecule has 120 valence electrons. The van der Waals surface area contributed by atoms with Gasteiger partial charge in [-0.3, -0.25) is 0 Å². The van der Waals surface area contributed by atoms with Crippen LogP contribution in [0.25, 0.3) is 11.4 Å². The van der Waals surface area contributed by atoms with E-state index in [2.05, 4.69) is 15.5 Å². The third kappa shape index (κ3) is 3.43. The molecule has 0 amide bonds. The third-order valence-electron chi connectivity index (χ3n) is 3.94. The van der Waals surface area contributed by atoms with Crippen LogP contribution in [0.5, 0.6) is 0 Å². The Morgan fingerprint density at radius 3 is 2.82 bits per heavy atom. The van der Waals surface area contributed by atoms with Gasteiger partial charge >= 0.3 is 0 Å². The number of nitrogens with zero attached hydrogens (tertiary/aromatic N) is 2. The lowest BCUT2D eigenvalue weighted by Crippen LogP contribution is -2.43. The van der Waals surface area contributed by atoms with Crippen molar-refractivity contribution in [2.24, 2.45) is 0 Å². The SMILES string of the molecule is COCC1(c2nc(-c3cccc(Cl)c3)no2)CCNCC1.Cl. The van der Waals surface area contributed by atoms with E-state index in [9.17, 15) is 0 Å². The van der Waals surface area contributed by atoms with Gasteiger partial charge < -0.3 is 14.6 Å². The zero-order valence-electron chi connectivity index (χ0n) is 12.3. The Kier molecular flexibility index (Phi) is 5.81. The molecule has 5 nitrogen and oxygen atoms in total. The Morgan fingerprint density at radius 2 is 2.14 bits per heavy atom. The van der Waals surface area contributed by atoms with Crippen molar-refractivity contribution in [2.45, 2.75) is 18.3 Å². The van der Waals surface area contributed by atoms with E-state index >= 15 is 0 Å². The minimum Gasteiger partial charge on any atom is -0.384 e. The van der Waals surface area contributed by atoms with Gasteiger partial charge in [-0.15, -0.1) is 12.4 Å². The monoisotopic (exact) mass is 343 g/mol. The third-order valence-corrected chi connectivity index (χ3v) is 4.18. The van der Waals surface area contributed by atoms with Gasteiger partial charge in [-0.25, -0.2) is 0 Å². The van der Waals surface area contributed by atoms with Gasteiger partial charge in [0, 0.05) is 17.7 Å². The molecule has 0 saturated carbocycles. The van der Waals surface area contributed by atoms with Crippen LogP contribution in [-0.4, -0.2) is 36.9 Å². The van der Waals surface area contributed by atoms with Crippen molar-refractivity contribution >= 4 is 24.0 Å². The van der Waals surface area contributed by atoms with Gasteiger partial charge in [-0.05, 0) is 38.1 Å². The van der Waals surface area contributed by atoms with Crippen LogP contribution < -0.4 is 5.32 Å². The molecule has 3 rings (SSSR count). The highest BCUT2D eigenvalue weighted by molar-refractivity contribution is 6.30. The van der Waals surface area contributed by atoms with Crippen LogP contribution in [0.3, 0.4) is 0 Å². The lowest BCUT2D eigenvalue weighted by atomic mass is 9.79. The molecule has 0 spiro atoms. The van der Waals surface area contributed by atoms with Gasteiger partial charge in [0.2, 0.25) is 11.7 Å². The first kappa shape index (κ1) is 17.2. The number of ether oxygens (including phenoxy) is 1. The van der Waals surface area contributed by atoms with E-state index < -0.39 is 0 Å². The molecule has 0 unspecified atom stereocenters. The number of piperidine rings is 1. The summed E-state index contributed by atoms with van der Waals surface area (Å²) in [5, 5.41) is 8.12. The molecule has 1 aliphatic heterocycles. The molecule has 1 aromatic heterocycles. The standard InChI is InChI=1S/C15H18ClN3O2.ClH/c1-20-10-15(5-7-17-8-6-15)14-18-13(19-21-14)11-3-2-4-12(16)9-11;/h2-4,9,17H,5-8,10H2,1H3;1H. The summed E-state index contributed by atoms with van der Waals surface area (Å²) in [5.41, 5.74) is 0.670. The van der Waals surface area contributed by atoms with Gasteiger partial charge in [0.05, 0.1) is 12.0 Å². The highest BCUT2D eigenvalue weighted by Crippen LogP contribution is 2.34. The normalized spacial score (nSPS) is 17.0. The van der Waals surface area contributed by atoms with Crippen LogP contribution in [0.2, 0.25) is 5.02 Å². The number of nitrogens with one attached hydrogen (secondary N) is 1. The average Bonchev–Trinajstić information content (AvgIpc) is 2.99. The zero-order valence-corrected chi connectivity index (χ0v) is 13.9. The Labute approximate surface area is 140 Å². The van der Waals surface area contributed by atoms with Gasteiger partial charge in [0.15, 0.2) is 0 Å². The summed E-state index contributed by atoms with van der Waals surface area (Å²) in [6.45, 7) is 2.45. The van der Waals surface area contributed by atoms with E-state index in [4.69, 9.17) is 20.9 Å². The van der Waals surface area contributed by atoms with Crippen LogP contribution in [0, 0.1) is 0 Å². The molecule has 1 fully saturated rings. The van der Waals surface area contributed by atoms with E-state index in [0.29, 0.717) is 23.3 Å². The van der Waals surface area contributed by atoms with Crippen molar-refractivity contribution in [3.8, 4) is 11.4 Å². The van der Waals surface area contributed by atoms with Crippen molar-refractivity contribution in [1.29, 1.82) is 0 Å². The molecule has 0 radical (unpaired) electrons. The summed E-state index contributed by atoms with van der Waals surface area (Å²) in [5.74, 6) is 1.22. The first-order chi connectivity index (χ1) is 10.2. The maximum Gasteiger partial charge on any atom is 0.235 e. The predicted octanol–water partition coefficient (Wildman–Crippen LogP) is 3.08. The van der Waals surface area contributed by atoms with E-state index in [0.717, 1.165) is 31.5 Å². The van der Waals surface area contributed by atoms with E-state index in [1.165, 1.54) is 0 Å². The molecule has 2 aromatic rings. The Bertz CT molecular complexity index is 607. The number of rotatable bonds is 4. The first-order valence-corrected chi connectivity index (χ1v) is 7.41. The van der Waals surface area contributed by atoms with Crippen molar-refractivity contribution in [1.82, 2.24) is 15.5 Å². The molecule has 1 saturated heterocycles. The Balaban J connectivity index is 0.00000176. The maximum atomic E-state index is 6.01. The fraction of sp³-hybridized carbons (Fsp3) is 0.467. The topological polar surface area (TPSA) is 60.2 Å². The van der Waals surface area contributed by atoms with Crippen LogP contribution in [0.4, 0.5) is 0 Å². The van der Waals surface area contributed by atoms with Gasteiger partial charge in [-0.1, -0.05) is 28.9 Å². The van der Waals surface area contributed by atoms with Crippen molar-refractivity contribution in [2.75, 3.05) is 26.8 Å². The molecule has 1 aliphatic rings. The molecular weight excluding hydrogens is 325 g/mol. The highest BCUT2D eigenvalue weighted by Gasteiger charge is 2.39. The lowest BCUT2D eigenvalue weighted by Gasteiger charge is -2.33. The summed E-state index contributed by atoms with van der Waals surface area (Å²) in [6.07, 6.45) is 1.86. The quantitative estimate of drug-likeness (QED) is 0.924. The molecule has 2 heterocycles. The second kappa shape index (κ2) is 7.42. The summed E-state index contributed by atoms with van der Waals surface area (Å²) in [7, 11) is 1.71. The molecular formula is C15H19Cl2N3O2. The van der Waals surface area contributed by atoms with Gasteiger partial charge in [-0.2, -0.15) is 4.98 Å². The van der Waals surface area contributed by atoms with Crippen LogP contribution in [0.15, 0.2) is 28.8 Å². The number of benzene rings is 1. The van der Waals surface area contributed by atoms with E-state index in [1.807, 2.05) is 24.3 Å². The number of hydrogen-bond acceptors (Lipinski definition) is 5. The largest absolute Gasteiger partial charge is 0.384 e. The molecule has 22 heavy (non-hydrogen) atoms. The predicted molar refractivity (Wildman–Crippen MR) is 87.6 cm³/mol. The molecule has 0 bridgehead atoms. The van der Waals surface area contributed by atoms with Gasteiger partial charge in [0.1, 0.15) is 0 Å². The second-order valence-corrected chi connectivity index (χ2v) is 5.83. The van der Waals surface area contributed by atoms with Crippen LogP contribution in [0.1, 0.15) is 18.7 Å².